The lowest BCUT2D eigenvalue weighted by atomic mass is 10.1. The first kappa shape index (κ1) is 13.7. The summed E-state index contributed by atoms with van der Waals surface area (Å²) in [6.07, 6.45) is 2.21. The minimum Gasteiger partial charge on any atom is -0.454 e. The Labute approximate surface area is 115 Å². The number of benzene rings is 1. The van der Waals surface area contributed by atoms with Gasteiger partial charge in [0.2, 0.25) is 0 Å². The summed E-state index contributed by atoms with van der Waals surface area (Å²) in [4.78, 5) is 26.1. The predicted octanol–water partition coefficient (Wildman–Crippen LogP) is 2.91. The maximum absolute atomic E-state index is 11.9. The molecule has 102 valence electrons. The Morgan fingerprint density at radius 1 is 1.30 bits per heavy atom. The number of pyridine rings is 1. The summed E-state index contributed by atoms with van der Waals surface area (Å²) in [7, 11) is 0. The minimum atomic E-state index is -0.718. The summed E-state index contributed by atoms with van der Waals surface area (Å²) in [5.41, 5.74) is 0.590. The third kappa shape index (κ3) is 2.97. The van der Waals surface area contributed by atoms with Gasteiger partial charge in [-0.05, 0) is 25.1 Å². The molecule has 1 aromatic heterocycles. The first-order chi connectivity index (χ1) is 9.59. The standard InChI is InChI=1S/C14H12N2O4/c1-10(12-6-2-3-7-13(12)16(18)19)20-14(17)11-5-4-8-15-9-11/h2-10H,1H3. The summed E-state index contributed by atoms with van der Waals surface area (Å²) >= 11 is 0. The van der Waals surface area contributed by atoms with Gasteiger partial charge in [0.25, 0.3) is 5.69 Å². The second kappa shape index (κ2) is 5.92. The molecule has 0 aliphatic carbocycles. The normalized spacial score (nSPS) is 11.7. The van der Waals surface area contributed by atoms with E-state index in [1.54, 1.807) is 43.5 Å². The number of aromatic nitrogens is 1. The topological polar surface area (TPSA) is 82.3 Å². The van der Waals surface area contributed by atoms with E-state index in [1.165, 1.54) is 12.3 Å². The van der Waals surface area contributed by atoms with E-state index in [4.69, 9.17) is 4.74 Å². The number of hydrogen-bond acceptors (Lipinski definition) is 5. The Bertz CT molecular complexity index is 628. The number of carbonyl (C=O) groups is 1. The van der Waals surface area contributed by atoms with Gasteiger partial charge in [-0.2, -0.15) is 0 Å². The van der Waals surface area contributed by atoms with E-state index >= 15 is 0 Å². The van der Waals surface area contributed by atoms with Gasteiger partial charge in [-0.15, -0.1) is 0 Å². The average Bonchev–Trinajstić information content (AvgIpc) is 2.48. The van der Waals surface area contributed by atoms with Crippen LogP contribution in [0.5, 0.6) is 0 Å². The van der Waals surface area contributed by atoms with Gasteiger partial charge in [-0.25, -0.2) is 4.79 Å². The van der Waals surface area contributed by atoms with Crippen molar-refractivity contribution in [1.82, 2.24) is 4.98 Å². The van der Waals surface area contributed by atoms with Gasteiger partial charge in [0.15, 0.2) is 0 Å². The molecule has 1 unspecified atom stereocenters. The van der Waals surface area contributed by atoms with Crippen LogP contribution < -0.4 is 0 Å². The fourth-order valence-electron chi connectivity index (χ4n) is 1.77. The number of carbonyl (C=O) groups excluding carboxylic acids is 1. The molecular formula is C14H12N2O4. The van der Waals surface area contributed by atoms with Gasteiger partial charge in [-0.1, -0.05) is 12.1 Å². The van der Waals surface area contributed by atoms with Gasteiger partial charge >= 0.3 is 5.97 Å². The second-order valence-corrected chi connectivity index (χ2v) is 4.11. The first-order valence-electron chi connectivity index (χ1n) is 5.94. The lowest BCUT2D eigenvalue weighted by Crippen LogP contribution is -2.10. The molecule has 0 N–H and O–H groups in total. The van der Waals surface area contributed by atoms with Crippen molar-refractivity contribution in [3.05, 3.63) is 70.0 Å². The number of rotatable bonds is 4. The molecule has 6 nitrogen and oxygen atoms in total. The molecule has 1 atom stereocenters. The molecular weight excluding hydrogens is 260 g/mol. The highest BCUT2D eigenvalue weighted by atomic mass is 16.6. The van der Waals surface area contributed by atoms with Crippen molar-refractivity contribution in [3.8, 4) is 0 Å². The molecule has 2 rings (SSSR count). The van der Waals surface area contributed by atoms with Gasteiger partial charge in [-0.3, -0.25) is 15.1 Å². The van der Waals surface area contributed by atoms with Crippen molar-refractivity contribution < 1.29 is 14.5 Å². The van der Waals surface area contributed by atoms with Crippen molar-refractivity contribution in [2.24, 2.45) is 0 Å². The number of para-hydroxylation sites is 1. The lowest BCUT2D eigenvalue weighted by Gasteiger charge is -2.13. The molecule has 20 heavy (non-hydrogen) atoms. The molecule has 0 saturated carbocycles. The number of ether oxygens (including phenoxy) is 1. The number of nitro benzene ring substituents is 1. The summed E-state index contributed by atoms with van der Waals surface area (Å²) in [6.45, 7) is 1.59. The van der Waals surface area contributed by atoms with E-state index < -0.39 is 17.0 Å². The Morgan fingerprint density at radius 3 is 2.70 bits per heavy atom. The quantitative estimate of drug-likeness (QED) is 0.485. The van der Waals surface area contributed by atoms with E-state index in [9.17, 15) is 14.9 Å². The van der Waals surface area contributed by atoms with Crippen LogP contribution in [0, 0.1) is 10.1 Å². The van der Waals surface area contributed by atoms with Crippen molar-refractivity contribution in [2.75, 3.05) is 0 Å². The van der Waals surface area contributed by atoms with Crippen LogP contribution in [0.2, 0.25) is 0 Å². The van der Waals surface area contributed by atoms with Crippen LogP contribution in [0.25, 0.3) is 0 Å². The van der Waals surface area contributed by atoms with E-state index in [0.29, 0.717) is 11.1 Å². The summed E-state index contributed by atoms with van der Waals surface area (Å²) < 4.78 is 5.23. The molecule has 0 bridgehead atoms. The van der Waals surface area contributed by atoms with E-state index in [0.717, 1.165) is 0 Å². The van der Waals surface area contributed by atoms with Gasteiger partial charge in [0, 0.05) is 18.5 Å². The molecule has 0 fully saturated rings. The van der Waals surface area contributed by atoms with Gasteiger partial charge in [0.05, 0.1) is 16.1 Å². The van der Waals surface area contributed by atoms with Crippen LogP contribution in [0.3, 0.4) is 0 Å². The molecule has 0 saturated heterocycles. The summed E-state index contributed by atoms with van der Waals surface area (Å²) in [5.74, 6) is -0.566. The number of nitrogens with zero attached hydrogens (tertiary/aromatic N) is 2. The fourth-order valence-corrected chi connectivity index (χ4v) is 1.77. The smallest absolute Gasteiger partial charge is 0.340 e. The Morgan fingerprint density at radius 2 is 2.05 bits per heavy atom. The molecule has 6 heteroatoms. The van der Waals surface area contributed by atoms with Crippen LogP contribution in [0.15, 0.2) is 48.8 Å². The Hall–Kier alpha value is -2.76. The molecule has 0 aliphatic heterocycles. The highest BCUT2D eigenvalue weighted by Gasteiger charge is 2.21. The largest absolute Gasteiger partial charge is 0.454 e. The van der Waals surface area contributed by atoms with Gasteiger partial charge < -0.3 is 4.74 Å². The number of nitro groups is 1. The number of esters is 1. The Kier molecular flexibility index (Phi) is 4.05. The molecule has 1 heterocycles. The summed E-state index contributed by atoms with van der Waals surface area (Å²) in [6, 6.07) is 9.37. The first-order valence-corrected chi connectivity index (χ1v) is 5.94. The van der Waals surface area contributed by atoms with Crippen molar-refractivity contribution in [1.29, 1.82) is 0 Å². The zero-order valence-electron chi connectivity index (χ0n) is 10.7. The number of hydrogen-bond donors (Lipinski definition) is 0. The second-order valence-electron chi connectivity index (χ2n) is 4.11. The van der Waals surface area contributed by atoms with Crippen LogP contribution >= 0.6 is 0 Å². The molecule has 0 spiro atoms. The average molecular weight is 272 g/mol. The van der Waals surface area contributed by atoms with Crippen LogP contribution in [0.4, 0.5) is 5.69 Å². The van der Waals surface area contributed by atoms with E-state index in [1.807, 2.05) is 0 Å². The van der Waals surface area contributed by atoms with Crippen molar-refractivity contribution in [2.45, 2.75) is 13.0 Å². The highest BCUT2D eigenvalue weighted by Crippen LogP contribution is 2.27. The van der Waals surface area contributed by atoms with Crippen molar-refractivity contribution >= 4 is 11.7 Å². The van der Waals surface area contributed by atoms with E-state index in [-0.39, 0.29) is 5.69 Å². The highest BCUT2D eigenvalue weighted by molar-refractivity contribution is 5.89. The lowest BCUT2D eigenvalue weighted by molar-refractivity contribution is -0.386. The molecule has 0 amide bonds. The molecule has 2 aromatic rings. The zero-order chi connectivity index (χ0) is 14.5. The van der Waals surface area contributed by atoms with Crippen LogP contribution in [-0.4, -0.2) is 15.9 Å². The van der Waals surface area contributed by atoms with Gasteiger partial charge in [0.1, 0.15) is 6.10 Å². The predicted molar refractivity (Wildman–Crippen MR) is 71.2 cm³/mol. The third-order valence-electron chi connectivity index (χ3n) is 2.75. The maximum atomic E-state index is 11.9. The monoisotopic (exact) mass is 272 g/mol. The minimum absolute atomic E-state index is 0.0704. The summed E-state index contributed by atoms with van der Waals surface area (Å²) in [5, 5.41) is 10.9. The van der Waals surface area contributed by atoms with E-state index in [2.05, 4.69) is 4.98 Å². The molecule has 0 radical (unpaired) electrons. The Balaban J connectivity index is 2.19. The maximum Gasteiger partial charge on any atom is 0.340 e. The van der Waals surface area contributed by atoms with Crippen LogP contribution in [-0.2, 0) is 4.74 Å². The SMILES string of the molecule is CC(OC(=O)c1cccnc1)c1ccccc1[N+](=O)[O-]. The zero-order valence-corrected chi connectivity index (χ0v) is 10.7. The molecule has 1 aromatic carbocycles. The van der Waals surface area contributed by atoms with Crippen LogP contribution in [0.1, 0.15) is 28.9 Å². The fraction of sp³-hybridized carbons (Fsp3) is 0.143. The van der Waals surface area contributed by atoms with Crippen molar-refractivity contribution in [3.63, 3.8) is 0 Å². The molecule has 0 aliphatic rings. The third-order valence-corrected chi connectivity index (χ3v) is 2.75.